The molecule has 2 fully saturated rings. The van der Waals surface area contributed by atoms with Crippen LogP contribution in [0, 0.1) is 11.8 Å². The van der Waals surface area contributed by atoms with Crippen LogP contribution in [0.5, 0.6) is 0 Å². The number of piperidine rings is 1. The van der Waals surface area contributed by atoms with Crippen molar-refractivity contribution in [1.29, 1.82) is 0 Å². The molecule has 6 nitrogen and oxygen atoms in total. The minimum atomic E-state index is -3.10. The van der Waals surface area contributed by atoms with E-state index in [9.17, 15) is 13.2 Å². The molecule has 0 aliphatic carbocycles. The Kier molecular flexibility index (Phi) is 5.62. The lowest BCUT2D eigenvalue weighted by atomic mass is 9.96. The lowest BCUT2D eigenvalue weighted by molar-refractivity contribution is -0.126. The molecule has 2 heterocycles. The van der Waals surface area contributed by atoms with E-state index >= 15 is 0 Å². The standard InChI is InChI=1S/C14H27N3O3S/c1-3-8-21(19,20)17-6-4-12(5-7-17)16-14(18)13-10-15-9-11(13)2/h11-13,15H,3-10H2,1-2H3,(H,16,18). The number of carbonyl (C=O) groups excluding carboxylic acids is 1. The van der Waals surface area contributed by atoms with Crippen molar-refractivity contribution in [2.45, 2.75) is 39.2 Å². The fourth-order valence-electron chi connectivity index (χ4n) is 3.13. The molecule has 2 rings (SSSR count). The van der Waals surface area contributed by atoms with Gasteiger partial charge in [0.05, 0.1) is 11.7 Å². The number of hydrogen-bond donors (Lipinski definition) is 2. The van der Waals surface area contributed by atoms with Crippen LogP contribution in [0.15, 0.2) is 0 Å². The Hall–Kier alpha value is -0.660. The number of sulfonamides is 1. The number of nitrogens with one attached hydrogen (secondary N) is 2. The molecule has 7 heteroatoms. The second kappa shape index (κ2) is 7.07. The molecular weight excluding hydrogens is 290 g/mol. The molecule has 0 radical (unpaired) electrons. The number of rotatable bonds is 5. The van der Waals surface area contributed by atoms with E-state index in [1.807, 2.05) is 6.92 Å². The van der Waals surface area contributed by atoms with Gasteiger partial charge in [-0.05, 0) is 31.7 Å². The smallest absolute Gasteiger partial charge is 0.224 e. The van der Waals surface area contributed by atoms with Gasteiger partial charge in [-0.15, -0.1) is 0 Å². The summed E-state index contributed by atoms with van der Waals surface area (Å²) in [6.45, 7) is 6.64. The summed E-state index contributed by atoms with van der Waals surface area (Å²) in [6, 6.07) is 0.110. The quantitative estimate of drug-likeness (QED) is 0.757. The van der Waals surface area contributed by atoms with Crippen molar-refractivity contribution in [2.75, 3.05) is 31.9 Å². The first-order valence-electron chi connectivity index (χ1n) is 7.93. The van der Waals surface area contributed by atoms with Gasteiger partial charge in [-0.25, -0.2) is 12.7 Å². The summed E-state index contributed by atoms with van der Waals surface area (Å²) in [7, 11) is -3.10. The molecule has 0 aromatic carbocycles. The van der Waals surface area contributed by atoms with Crippen LogP contribution in [-0.4, -0.2) is 56.6 Å². The summed E-state index contributed by atoms with van der Waals surface area (Å²) < 4.78 is 25.6. The van der Waals surface area contributed by atoms with Crippen LogP contribution in [0.25, 0.3) is 0 Å². The van der Waals surface area contributed by atoms with Crippen molar-refractivity contribution in [1.82, 2.24) is 14.9 Å². The van der Waals surface area contributed by atoms with Crippen molar-refractivity contribution in [3.05, 3.63) is 0 Å². The van der Waals surface area contributed by atoms with Gasteiger partial charge >= 0.3 is 0 Å². The first-order chi connectivity index (χ1) is 9.94. The van der Waals surface area contributed by atoms with Crippen LogP contribution >= 0.6 is 0 Å². The fourth-order valence-corrected chi connectivity index (χ4v) is 4.68. The van der Waals surface area contributed by atoms with E-state index in [1.54, 1.807) is 4.31 Å². The van der Waals surface area contributed by atoms with Crippen molar-refractivity contribution >= 4 is 15.9 Å². The predicted octanol–water partition coefficient (Wildman–Crippen LogP) is 0.162. The van der Waals surface area contributed by atoms with Gasteiger partial charge in [0.15, 0.2) is 0 Å². The summed E-state index contributed by atoms with van der Waals surface area (Å²) in [4.78, 5) is 12.2. The average molecular weight is 317 g/mol. The maximum Gasteiger partial charge on any atom is 0.224 e. The third-order valence-corrected chi connectivity index (χ3v) is 6.59. The average Bonchev–Trinajstić information content (AvgIpc) is 2.85. The minimum absolute atomic E-state index is 0.0480. The van der Waals surface area contributed by atoms with E-state index in [0.29, 0.717) is 38.3 Å². The molecule has 0 saturated carbocycles. The van der Waals surface area contributed by atoms with Crippen LogP contribution in [0.1, 0.15) is 33.1 Å². The zero-order valence-corrected chi connectivity index (χ0v) is 13.8. The van der Waals surface area contributed by atoms with Crippen LogP contribution in [-0.2, 0) is 14.8 Å². The third kappa shape index (κ3) is 4.17. The highest BCUT2D eigenvalue weighted by molar-refractivity contribution is 7.89. The van der Waals surface area contributed by atoms with E-state index in [0.717, 1.165) is 13.1 Å². The van der Waals surface area contributed by atoms with E-state index < -0.39 is 10.0 Å². The molecule has 1 amide bonds. The van der Waals surface area contributed by atoms with Gasteiger partial charge in [-0.3, -0.25) is 4.79 Å². The van der Waals surface area contributed by atoms with Gasteiger partial charge in [-0.2, -0.15) is 0 Å². The SMILES string of the molecule is CCCS(=O)(=O)N1CCC(NC(=O)C2CNCC2C)CC1. The Balaban J connectivity index is 1.80. The summed E-state index contributed by atoms with van der Waals surface area (Å²) >= 11 is 0. The lowest BCUT2D eigenvalue weighted by Crippen LogP contribution is -2.48. The Morgan fingerprint density at radius 1 is 1.29 bits per heavy atom. The molecule has 0 bridgehead atoms. The van der Waals surface area contributed by atoms with Gasteiger partial charge in [0.25, 0.3) is 0 Å². The monoisotopic (exact) mass is 317 g/mol. The Labute approximate surface area is 127 Å². The molecule has 2 unspecified atom stereocenters. The van der Waals surface area contributed by atoms with Gasteiger partial charge in [0.1, 0.15) is 0 Å². The molecule has 0 aromatic heterocycles. The second-order valence-electron chi connectivity index (χ2n) is 6.24. The van der Waals surface area contributed by atoms with Crippen molar-refractivity contribution in [2.24, 2.45) is 11.8 Å². The first kappa shape index (κ1) is 16.7. The van der Waals surface area contributed by atoms with Crippen molar-refractivity contribution < 1.29 is 13.2 Å². The van der Waals surface area contributed by atoms with Crippen LogP contribution < -0.4 is 10.6 Å². The number of hydrogen-bond acceptors (Lipinski definition) is 4. The predicted molar refractivity (Wildman–Crippen MR) is 82.3 cm³/mol. The molecule has 0 aromatic rings. The Morgan fingerprint density at radius 3 is 2.48 bits per heavy atom. The number of carbonyl (C=O) groups is 1. The molecule has 0 spiro atoms. The van der Waals surface area contributed by atoms with Gasteiger partial charge < -0.3 is 10.6 Å². The van der Waals surface area contributed by atoms with E-state index in [2.05, 4.69) is 17.6 Å². The van der Waals surface area contributed by atoms with Crippen LogP contribution in [0.2, 0.25) is 0 Å². The van der Waals surface area contributed by atoms with Crippen molar-refractivity contribution in [3.63, 3.8) is 0 Å². The van der Waals surface area contributed by atoms with E-state index in [1.165, 1.54) is 0 Å². The first-order valence-corrected chi connectivity index (χ1v) is 9.54. The molecule has 2 N–H and O–H groups in total. The minimum Gasteiger partial charge on any atom is -0.353 e. The molecule has 2 aliphatic heterocycles. The van der Waals surface area contributed by atoms with Gasteiger partial charge in [-0.1, -0.05) is 13.8 Å². The van der Waals surface area contributed by atoms with Crippen LogP contribution in [0.4, 0.5) is 0 Å². The zero-order valence-electron chi connectivity index (χ0n) is 13.0. The maximum atomic E-state index is 12.2. The summed E-state index contributed by atoms with van der Waals surface area (Å²) in [6.07, 6.45) is 2.07. The number of amides is 1. The highest BCUT2D eigenvalue weighted by Gasteiger charge is 2.32. The number of nitrogens with zero attached hydrogens (tertiary/aromatic N) is 1. The highest BCUT2D eigenvalue weighted by atomic mass is 32.2. The third-order valence-electron chi connectivity index (χ3n) is 4.51. The largest absolute Gasteiger partial charge is 0.353 e. The van der Waals surface area contributed by atoms with Crippen LogP contribution in [0.3, 0.4) is 0 Å². The topological polar surface area (TPSA) is 78.5 Å². The zero-order chi connectivity index (χ0) is 15.5. The summed E-state index contributed by atoms with van der Waals surface area (Å²) in [5, 5.41) is 6.33. The maximum absolute atomic E-state index is 12.2. The molecular formula is C14H27N3O3S. The van der Waals surface area contributed by atoms with Gasteiger partial charge in [0, 0.05) is 25.7 Å². The molecule has 2 aliphatic rings. The Bertz CT molecular complexity index is 458. The normalized spacial score (nSPS) is 28.7. The summed E-state index contributed by atoms with van der Waals surface area (Å²) in [5.41, 5.74) is 0. The fraction of sp³-hybridized carbons (Fsp3) is 0.929. The van der Waals surface area contributed by atoms with E-state index in [4.69, 9.17) is 0 Å². The molecule has 2 atom stereocenters. The molecule has 21 heavy (non-hydrogen) atoms. The molecule has 2 saturated heterocycles. The Morgan fingerprint density at radius 2 is 1.95 bits per heavy atom. The molecule has 122 valence electrons. The van der Waals surface area contributed by atoms with Gasteiger partial charge in [0.2, 0.25) is 15.9 Å². The second-order valence-corrected chi connectivity index (χ2v) is 8.33. The highest BCUT2D eigenvalue weighted by Crippen LogP contribution is 2.19. The van der Waals surface area contributed by atoms with E-state index in [-0.39, 0.29) is 23.6 Å². The lowest BCUT2D eigenvalue weighted by Gasteiger charge is -2.32. The van der Waals surface area contributed by atoms with Crippen molar-refractivity contribution in [3.8, 4) is 0 Å². The summed E-state index contributed by atoms with van der Waals surface area (Å²) in [5.74, 6) is 0.749.